The molecule has 1 N–H and O–H groups in total. The molecule has 0 fully saturated rings. The maximum atomic E-state index is 12.9. The first-order chi connectivity index (χ1) is 19.5. The normalized spacial score (nSPS) is 18.6. The van der Waals surface area contributed by atoms with Crippen LogP contribution in [0.4, 0.5) is 5.69 Å². The molecule has 0 bridgehead atoms. The molecule has 2 aliphatic heterocycles. The second kappa shape index (κ2) is 11.2. The molecule has 2 atom stereocenters. The summed E-state index contributed by atoms with van der Waals surface area (Å²) in [5, 5.41) is 12.4. The lowest BCUT2D eigenvalue weighted by Gasteiger charge is -2.23. The third-order valence-electron chi connectivity index (χ3n) is 6.92. The molecule has 0 radical (unpaired) electrons. The molecule has 0 spiro atoms. The molecular weight excluding hydrogens is 544 g/mol. The molecule has 7 nitrogen and oxygen atoms in total. The molecule has 0 aliphatic carbocycles. The number of carbonyl (C=O) groups is 2. The van der Waals surface area contributed by atoms with Crippen molar-refractivity contribution in [2.75, 3.05) is 12.4 Å². The molecule has 200 valence electrons. The third kappa shape index (κ3) is 5.46. The summed E-state index contributed by atoms with van der Waals surface area (Å²) in [6.45, 7) is 0. The highest BCUT2D eigenvalue weighted by Gasteiger charge is 2.39. The molecule has 2 aliphatic rings. The molecular formula is C31H25ClN4O3S. The van der Waals surface area contributed by atoms with E-state index in [1.165, 1.54) is 11.8 Å². The van der Waals surface area contributed by atoms with E-state index in [-0.39, 0.29) is 24.3 Å². The summed E-state index contributed by atoms with van der Waals surface area (Å²) in [6.07, 6.45) is 0.640. The third-order valence-corrected chi connectivity index (χ3v) is 8.31. The molecule has 2 heterocycles. The van der Waals surface area contributed by atoms with Crippen LogP contribution in [-0.4, -0.2) is 40.1 Å². The zero-order valence-corrected chi connectivity index (χ0v) is 23.2. The van der Waals surface area contributed by atoms with E-state index in [4.69, 9.17) is 21.4 Å². The molecule has 2 amide bonds. The molecule has 6 rings (SSSR count). The number of fused-ring (bicyclic) bond motifs is 1. The van der Waals surface area contributed by atoms with Crippen LogP contribution < -0.4 is 10.1 Å². The zero-order valence-electron chi connectivity index (χ0n) is 21.6. The van der Waals surface area contributed by atoms with Crippen molar-refractivity contribution in [1.82, 2.24) is 5.01 Å². The van der Waals surface area contributed by atoms with E-state index in [2.05, 4.69) is 40.6 Å². The Morgan fingerprint density at radius 3 is 2.52 bits per heavy atom. The molecule has 0 aromatic heterocycles. The Labute approximate surface area is 240 Å². The largest absolute Gasteiger partial charge is 0.497 e. The van der Waals surface area contributed by atoms with Crippen molar-refractivity contribution < 1.29 is 14.3 Å². The van der Waals surface area contributed by atoms with E-state index in [9.17, 15) is 9.59 Å². The van der Waals surface area contributed by atoms with Gasteiger partial charge >= 0.3 is 0 Å². The van der Waals surface area contributed by atoms with Crippen molar-refractivity contribution in [3.05, 3.63) is 107 Å². The lowest BCUT2D eigenvalue weighted by Crippen LogP contribution is -2.25. The molecule has 0 saturated heterocycles. The average molecular weight is 569 g/mol. The maximum absolute atomic E-state index is 12.9. The van der Waals surface area contributed by atoms with Gasteiger partial charge in [0.25, 0.3) is 5.91 Å². The predicted molar refractivity (Wildman–Crippen MR) is 161 cm³/mol. The minimum absolute atomic E-state index is 0.00140. The van der Waals surface area contributed by atoms with Crippen molar-refractivity contribution in [2.24, 2.45) is 10.1 Å². The number of aliphatic imine (C=N–C) groups is 1. The van der Waals surface area contributed by atoms with E-state index in [0.29, 0.717) is 22.3 Å². The van der Waals surface area contributed by atoms with Crippen LogP contribution in [0.5, 0.6) is 5.75 Å². The number of carbonyl (C=O) groups excluding carboxylic acids is 2. The van der Waals surface area contributed by atoms with Gasteiger partial charge in [0.05, 0.1) is 18.9 Å². The highest BCUT2D eigenvalue weighted by Crippen LogP contribution is 2.39. The molecule has 4 aromatic rings. The van der Waals surface area contributed by atoms with Gasteiger partial charge in [-0.2, -0.15) is 10.1 Å². The Balaban J connectivity index is 1.25. The lowest BCUT2D eigenvalue weighted by atomic mass is 9.97. The van der Waals surface area contributed by atoms with Crippen LogP contribution in [0.3, 0.4) is 0 Å². The van der Waals surface area contributed by atoms with Crippen molar-refractivity contribution >= 4 is 62.5 Å². The first-order valence-electron chi connectivity index (χ1n) is 12.8. The molecule has 40 heavy (non-hydrogen) atoms. The number of thioether (sulfide) groups is 1. The number of halogens is 1. The number of rotatable bonds is 6. The minimum Gasteiger partial charge on any atom is -0.497 e. The summed E-state index contributed by atoms with van der Waals surface area (Å²) in [4.78, 5) is 30.0. The smallest absolute Gasteiger partial charge is 0.262 e. The van der Waals surface area contributed by atoms with E-state index in [1.807, 2.05) is 41.4 Å². The first-order valence-corrected chi connectivity index (χ1v) is 14.1. The van der Waals surface area contributed by atoms with E-state index in [1.54, 1.807) is 31.4 Å². The first kappa shape index (κ1) is 26.1. The fraction of sp³-hybridized carbons (Fsp3) is 0.161. The summed E-state index contributed by atoms with van der Waals surface area (Å²) in [5.41, 5.74) is 3.58. The van der Waals surface area contributed by atoms with Crippen molar-refractivity contribution in [3.63, 3.8) is 0 Å². The monoisotopic (exact) mass is 568 g/mol. The Hall–Kier alpha value is -4.14. The number of nitrogens with one attached hydrogen (secondary N) is 1. The van der Waals surface area contributed by atoms with Crippen LogP contribution >= 0.6 is 23.4 Å². The summed E-state index contributed by atoms with van der Waals surface area (Å²) in [6, 6.07) is 29.1. The number of amides is 2. The van der Waals surface area contributed by atoms with Gasteiger partial charge in [-0.15, -0.1) is 0 Å². The van der Waals surface area contributed by atoms with Gasteiger partial charge < -0.3 is 10.1 Å². The summed E-state index contributed by atoms with van der Waals surface area (Å²) in [5.74, 6) is 0.158. The van der Waals surface area contributed by atoms with E-state index in [0.717, 1.165) is 33.4 Å². The SMILES string of the molecule is COc1ccc([C@H]2CC(c3ccc4ccccc4c3)=NN2C2=NC(=O)[C@@H](CC(=O)Nc3ccc(Cl)cc3)S2)cc1. The fourth-order valence-corrected chi connectivity index (χ4v) is 6.02. The average Bonchev–Trinajstić information content (AvgIpc) is 3.58. The second-order valence-corrected chi connectivity index (χ2v) is 11.2. The molecule has 9 heteroatoms. The van der Waals surface area contributed by atoms with Gasteiger partial charge in [0.1, 0.15) is 11.0 Å². The number of hydrogen-bond acceptors (Lipinski definition) is 6. The highest BCUT2D eigenvalue weighted by molar-refractivity contribution is 8.15. The highest BCUT2D eigenvalue weighted by atomic mass is 35.5. The Morgan fingerprint density at radius 2 is 1.77 bits per heavy atom. The number of methoxy groups -OCH3 is 1. The molecule has 4 aromatic carbocycles. The van der Waals surface area contributed by atoms with E-state index >= 15 is 0 Å². The summed E-state index contributed by atoms with van der Waals surface area (Å²) >= 11 is 7.21. The number of hydrogen-bond donors (Lipinski definition) is 1. The number of hydrazone groups is 1. The quantitative estimate of drug-likeness (QED) is 0.280. The molecule has 0 unspecified atom stereocenters. The lowest BCUT2D eigenvalue weighted by molar-refractivity contribution is -0.121. The minimum atomic E-state index is -0.626. The van der Waals surface area contributed by atoms with Crippen LogP contribution in [0, 0.1) is 0 Å². The number of nitrogens with zero attached hydrogens (tertiary/aromatic N) is 3. The Morgan fingerprint density at radius 1 is 1.02 bits per heavy atom. The van der Waals surface area contributed by atoms with Crippen LogP contribution in [0.1, 0.15) is 30.0 Å². The van der Waals surface area contributed by atoms with Crippen LogP contribution in [-0.2, 0) is 9.59 Å². The van der Waals surface area contributed by atoms with Gasteiger partial charge in [0.2, 0.25) is 5.91 Å². The molecule has 0 saturated carbocycles. The van der Waals surface area contributed by atoms with Gasteiger partial charge in [-0.05, 0) is 64.4 Å². The number of benzene rings is 4. The van der Waals surface area contributed by atoms with Gasteiger partial charge in [0.15, 0.2) is 5.17 Å². The van der Waals surface area contributed by atoms with Crippen molar-refractivity contribution in [1.29, 1.82) is 0 Å². The van der Waals surface area contributed by atoms with Crippen molar-refractivity contribution in [3.8, 4) is 5.75 Å². The number of ether oxygens (including phenoxy) is 1. The van der Waals surface area contributed by atoms with Gasteiger partial charge in [-0.3, -0.25) is 9.59 Å². The topological polar surface area (TPSA) is 83.4 Å². The van der Waals surface area contributed by atoms with E-state index < -0.39 is 5.25 Å². The van der Waals surface area contributed by atoms with Crippen LogP contribution in [0.2, 0.25) is 5.02 Å². The second-order valence-electron chi connectivity index (χ2n) is 9.54. The number of anilines is 1. The fourth-order valence-electron chi connectivity index (χ4n) is 4.83. The standard InChI is InChI=1S/C31H25ClN4O3S/c1-39-25-14-8-20(9-15-25)27-17-26(22-7-6-19-4-2-3-5-21(19)16-22)35-36(27)31-34-30(38)28(40-31)18-29(37)33-24-12-10-23(32)11-13-24/h2-16,27-28H,17-18H2,1H3,(H,33,37)/t27-,28-/m1/s1. The van der Waals surface area contributed by atoms with Gasteiger partial charge in [0, 0.05) is 23.6 Å². The summed E-state index contributed by atoms with van der Waals surface area (Å²) in [7, 11) is 1.64. The van der Waals surface area contributed by atoms with Gasteiger partial charge in [-0.1, -0.05) is 71.9 Å². The zero-order chi connectivity index (χ0) is 27.6. The predicted octanol–water partition coefficient (Wildman–Crippen LogP) is 6.68. The summed E-state index contributed by atoms with van der Waals surface area (Å²) < 4.78 is 5.34. The van der Waals surface area contributed by atoms with Crippen LogP contribution in [0.15, 0.2) is 101 Å². The number of amidine groups is 1. The van der Waals surface area contributed by atoms with Crippen molar-refractivity contribution in [2.45, 2.75) is 24.1 Å². The maximum Gasteiger partial charge on any atom is 0.262 e. The Kier molecular flexibility index (Phi) is 7.28. The van der Waals surface area contributed by atoms with Gasteiger partial charge in [-0.25, -0.2) is 5.01 Å². The van der Waals surface area contributed by atoms with Crippen LogP contribution in [0.25, 0.3) is 10.8 Å². The Bertz CT molecular complexity index is 1650.